The lowest BCUT2D eigenvalue weighted by Crippen LogP contribution is -2.22. The van der Waals surface area contributed by atoms with E-state index in [1.165, 1.54) is 173 Å². The van der Waals surface area contributed by atoms with Crippen LogP contribution < -0.4 is 5.32 Å². The summed E-state index contributed by atoms with van der Waals surface area (Å²) in [5.74, 6) is 0.610. The van der Waals surface area contributed by atoms with Crippen LogP contribution in [0.15, 0.2) is 0 Å². The number of hydrogen-bond acceptors (Lipinski definition) is 2. The maximum absolute atomic E-state index is 11.7. The Bertz CT molecular complexity index is 560. The van der Waals surface area contributed by atoms with Gasteiger partial charge >= 0.3 is 0 Å². The van der Waals surface area contributed by atoms with Gasteiger partial charge in [-0.25, -0.2) is 0 Å². The van der Waals surface area contributed by atoms with E-state index in [1.54, 1.807) is 0 Å². The third-order valence-corrected chi connectivity index (χ3v) is 9.27. The van der Waals surface area contributed by atoms with Crippen molar-refractivity contribution in [2.75, 3.05) is 0 Å². The standard InChI is InChI=1S/C36H69NO2/c1-3-5-6-7-8-9-10-11-12-13-14-15-16-17-18-19-20-21-22-23-24-25-26-27-29-33(4-2)30-28-31-34-32-35(38)37-36(34)39/h33-34H,3-32H2,1-2H3,(H,37,38,39). The largest absolute Gasteiger partial charge is 0.296 e. The highest BCUT2D eigenvalue weighted by molar-refractivity contribution is 6.03. The zero-order valence-electron chi connectivity index (χ0n) is 26.7. The Labute approximate surface area is 244 Å². The van der Waals surface area contributed by atoms with Gasteiger partial charge in [0.1, 0.15) is 0 Å². The number of unbranched alkanes of at least 4 members (excludes halogenated alkanes) is 23. The Kier molecular flexibility index (Phi) is 25.3. The SMILES string of the molecule is CCCCCCCCCCCCCCCCCCCCCCCCCCC(CC)CCCC1CC(=O)NC1=O. The van der Waals surface area contributed by atoms with Crippen molar-refractivity contribution in [2.24, 2.45) is 11.8 Å². The van der Waals surface area contributed by atoms with Gasteiger partial charge in [-0.15, -0.1) is 0 Å². The Hall–Kier alpha value is -0.860. The zero-order valence-corrected chi connectivity index (χ0v) is 26.7. The summed E-state index contributed by atoms with van der Waals surface area (Å²) in [6.45, 7) is 4.60. The number of carbonyl (C=O) groups excluding carboxylic acids is 2. The second kappa shape index (κ2) is 27.3. The number of carbonyl (C=O) groups is 2. The van der Waals surface area contributed by atoms with Gasteiger partial charge in [-0.1, -0.05) is 194 Å². The van der Waals surface area contributed by atoms with Crippen LogP contribution in [0.2, 0.25) is 0 Å². The van der Waals surface area contributed by atoms with Crippen LogP contribution in [0.4, 0.5) is 0 Å². The fourth-order valence-electron chi connectivity index (χ4n) is 6.44. The highest BCUT2D eigenvalue weighted by Gasteiger charge is 2.29. The van der Waals surface area contributed by atoms with Gasteiger partial charge < -0.3 is 0 Å². The molecule has 0 aromatic rings. The number of rotatable bonds is 30. The monoisotopic (exact) mass is 548 g/mol. The quantitative estimate of drug-likeness (QED) is 0.0718. The van der Waals surface area contributed by atoms with Gasteiger partial charge in [0.2, 0.25) is 11.8 Å². The lowest BCUT2D eigenvalue weighted by atomic mass is 9.90. The van der Waals surface area contributed by atoms with Crippen molar-refractivity contribution in [2.45, 2.75) is 206 Å². The van der Waals surface area contributed by atoms with E-state index >= 15 is 0 Å². The normalized spacial score (nSPS) is 16.2. The Balaban J connectivity index is 1.73. The minimum Gasteiger partial charge on any atom is -0.296 e. The molecule has 2 amide bonds. The van der Waals surface area contributed by atoms with E-state index in [0.717, 1.165) is 18.8 Å². The van der Waals surface area contributed by atoms with Crippen LogP contribution in [0.1, 0.15) is 206 Å². The topological polar surface area (TPSA) is 46.2 Å². The van der Waals surface area contributed by atoms with Crippen molar-refractivity contribution in [1.82, 2.24) is 5.32 Å². The van der Waals surface area contributed by atoms with E-state index in [1.807, 2.05) is 0 Å². The molecule has 0 saturated carbocycles. The van der Waals surface area contributed by atoms with Crippen LogP contribution in [-0.2, 0) is 9.59 Å². The van der Waals surface area contributed by atoms with Crippen LogP contribution in [0.25, 0.3) is 0 Å². The van der Waals surface area contributed by atoms with Gasteiger partial charge in [0.15, 0.2) is 0 Å². The third-order valence-electron chi connectivity index (χ3n) is 9.27. The average Bonchev–Trinajstić information content (AvgIpc) is 3.26. The number of imide groups is 1. The van der Waals surface area contributed by atoms with E-state index in [0.29, 0.717) is 6.42 Å². The molecule has 1 rings (SSSR count). The first-order chi connectivity index (χ1) is 19.2. The Morgan fingerprint density at radius 2 is 0.897 bits per heavy atom. The van der Waals surface area contributed by atoms with Crippen molar-refractivity contribution < 1.29 is 9.59 Å². The lowest BCUT2D eigenvalue weighted by Gasteiger charge is -2.15. The zero-order chi connectivity index (χ0) is 28.2. The molecule has 39 heavy (non-hydrogen) atoms. The predicted molar refractivity (Wildman–Crippen MR) is 170 cm³/mol. The first-order valence-corrected chi connectivity index (χ1v) is 18.0. The summed E-state index contributed by atoms with van der Waals surface area (Å²) < 4.78 is 0. The van der Waals surface area contributed by atoms with Crippen molar-refractivity contribution in [1.29, 1.82) is 0 Å². The molecule has 0 aromatic heterocycles. The molecule has 1 fully saturated rings. The molecule has 0 radical (unpaired) electrons. The maximum atomic E-state index is 11.7. The Morgan fingerprint density at radius 3 is 1.23 bits per heavy atom. The molecule has 0 bridgehead atoms. The summed E-state index contributed by atoms with van der Waals surface area (Å²) in [7, 11) is 0. The van der Waals surface area contributed by atoms with Crippen LogP contribution in [0, 0.1) is 11.8 Å². The molecule has 0 spiro atoms. The van der Waals surface area contributed by atoms with Gasteiger partial charge in [-0.05, 0) is 12.3 Å². The molecule has 0 aromatic carbocycles. The van der Waals surface area contributed by atoms with Crippen LogP contribution >= 0.6 is 0 Å². The minimum atomic E-state index is -0.0859. The summed E-state index contributed by atoms with van der Waals surface area (Å²) in [6, 6.07) is 0. The van der Waals surface area contributed by atoms with Gasteiger partial charge in [-0.2, -0.15) is 0 Å². The Morgan fingerprint density at radius 1 is 0.538 bits per heavy atom. The molecule has 3 heteroatoms. The molecule has 2 atom stereocenters. The fraction of sp³-hybridized carbons (Fsp3) is 0.944. The van der Waals surface area contributed by atoms with Crippen molar-refractivity contribution >= 4 is 11.8 Å². The predicted octanol–water partition coefficient (Wildman–Crippen LogP) is 11.6. The van der Waals surface area contributed by atoms with E-state index in [2.05, 4.69) is 19.2 Å². The van der Waals surface area contributed by atoms with Crippen molar-refractivity contribution in [3.05, 3.63) is 0 Å². The minimum absolute atomic E-state index is 0.0435. The number of amides is 2. The first-order valence-electron chi connectivity index (χ1n) is 18.0. The summed E-state index contributed by atoms with van der Waals surface area (Å²) in [5.41, 5.74) is 0. The molecule has 0 aliphatic carbocycles. The fourth-order valence-corrected chi connectivity index (χ4v) is 6.44. The van der Waals surface area contributed by atoms with E-state index < -0.39 is 0 Å². The van der Waals surface area contributed by atoms with Crippen molar-refractivity contribution in [3.8, 4) is 0 Å². The van der Waals surface area contributed by atoms with E-state index in [4.69, 9.17) is 0 Å². The molecule has 2 unspecified atom stereocenters. The molecule has 1 aliphatic heterocycles. The first kappa shape index (κ1) is 36.2. The van der Waals surface area contributed by atoms with E-state index in [-0.39, 0.29) is 17.7 Å². The number of hydrogen-bond donors (Lipinski definition) is 1. The highest BCUT2D eigenvalue weighted by atomic mass is 16.2. The molecule has 3 nitrogen and oxygen atoms in total. The highest BCUT2D eigenvalue weighted by Crippen LogP contribution is 2.24. The molecule has 1 N–H and O–H groups in total. The summed E-state index contributed by atoms with van der Waals surface area (Å²) in [5, 5.41) is 2.44. The molecular weight excluding hydrogens is 478 g/mol. The third kappa shape index (κ3) is 22.5. The van der Waals surface area contributed by atoms with Gasteiger partial charge in [0.05, 0.1) is 0 Å². The second-order valence-corrected chi connectivity index (χ2v) is 12.9. The smallest absolute Gasteiger partial charge is 0.230 e. The van der Waals surface area contributed by atoms with Gasteiger partial charge in [0.25, 0.3) is 0 Å². The summed E-state index contributed by atoms with van der Waals surface area (Å²) >= 11 is 0. The summed E-state index contributed by atoms with van der Waals surface area (Å²) in [6.07, 6.45) is 40.9. The van der Waals surface area contributed by atoms with Crippen LogP contribution in [0.3, 0.4) is 0 Å². The molecule has 1 saturated heterocycles. The van der Waals surface area contributed by atoms with Crippen LogP contribution in [0.5, 0.6) is 0 Å². The van der Waals surface area contributed by atoms with Gasteiger partial charge in [0, 0.05) is 12.3 Å². The number of nitrogens with one attached hydrogen (secondary N) is 1. The summed E-state index contributed by atoms with van der Waals surface area (Å²) in [4.78, 5) is 23.0. The maximum Gasteiger partial charge on any atom is 0.230 e. The second-order valence-electron chi connectivity index (χ2n) is 12.9. The lowest BCUT2D eigenvalue weighted by molar-refractivity contribution is -0.125. The van der Waals surface area contributed by atoms with Gasteiger partial charge in [-0.3, -0.25) is 14.9 Å². The molecule has 230 valence electrons. The molecule has 1 heterocycles. The average molecular weight is 548 g/mol. The molecule has 1 aliphatic rings. The molecular formula is C36H69NO2. The van der Waals surface area contributed by atoms with Crippen molar-refractivity contribution in [3.63, 3.8) is 0 Å². The van der Waals surface area contributed by atoms with Crippen LogP contribution in [-0.4, -0.2) is 11.8 Å². The van der Waals surface area contributed by atoms with E-state index in [9.17, 15) is 9.59 Å².